The van der Waals surface area contributed by atoms with Crippen molar-refractivity contribution in [3.8, 4) is 0 Å². The van der Waals surface area contributed by atoms with E-state index >= 15 is 0 Å². The molecule has 3 N–H and O–H groups in total. The first kappa shape index (κ1) is 13.5. The zero-order chi connectivity index (χ0) is 14.8. The maximum absolute atomic E-state index is 13.5. The van der Waals surface area contributed by atoms with Crippen molar-refractivity contribution in [1.29, 1.82) is 0 Å². The number of hydrogen-bond donors (Lipinski definition) is 2. The van der Waals surface area contributed by atoms with Gasteiger partial charge in [-0.3, -0.25) is 4.79 Å². The zero-order valence-corrected chi connectivity index (χ0v) is 11.3. The van der Waals surface area contributed by atoms with Crippen molar-refractivity contribution in [2.24, 2.45) is 5.84 Å². The van der Waals surface area contributed by atoms with Crippen LogP contribution in [0.5, 0.6) is 0 Å². The van der Waals surface area contributed by atoms with Gasteiger partial charge >= 0.3 is 0 Å². The summed E-state index contributed by atoms with van der Waals surface area (Å²) in [5.41, 5.74) is 4.98. The third-order valence-corrected chi connectivity index (χ3v) is 3.56. The van der Waals surface area contributed by atoms with E-state index in [2.05, 4.69) is 10.4 Å². The van der Waals surface area contributed by atoms with E-state index < -0.39 is 0 Å². The highest BCUT2D eigenvalue weighted by molar-refractivity contribution is 5.96. The van der Waals surface area contributed by atoms with Gasteiger partial charge in [0.15, 0.2) is 0 Å². The number of nitrogen functional groups attached to an aromatic ring is 1. The summed E-state index contributed by atoms with van der Waals surface area (Å²) in [6, 6.07) is 8.15. The van der Waals surface area contributed by atoms with Crippen LogP contribution in [0.15, 0.2) is 36.5 Å². The Hall–Kier alpha value is -2.47. The Labute approximate surface area is 121 Å². The number of aryl methyl sites for hydroxylation is 1. The molecule has 2 heterocycles. The van der Waals surface area contributed by atoms with Gasteiger partial charge in [-0.05, 0) is 41.8 Å². The predicted molar refractivity (Wildman–Crippen MR) is 78.0 cm³/mol. The van der Waals surface area contributed by atoms with Crippen LogP contribution in [0.3, 0.4) is 0 Å². The summed E-state index contributed by atoms with van der Waals surface area (Å²) < 4.78 is 13.5. The van der Waals surface area contributed by atoms with Crippen LogP contribution in [0, 0.1) is 5.82 Å². The molecule has 1 amide bonds. The normalized spacial score (nSPS) is 14.0. The van der Waals surface area contributed by atoms with E-state index in [0.29, 0.717) is 30.9 Å². The van der Waals surface area contributed by atoms with Gasteiger partial charge in [-0.15, -0.1) is 0 Å². The molecule has 2 aromatic rings. The number of nitrogens with two attached hydrogens (primary N) is 1. The van der Waals surface area contributed by atoms with E-state index in [0.717, 1.165) is 11.1 Å². The number of rotatable bonds is 3. The molecule has 108 valence electrons. The Kier molecular flexibility index (Phi) is 3.53. The fraction of sp³-hybridized carbons (Fsp3) is 0.200. The Morgan fingerprint density at radius 1 is 1.29 bits per heavy atom. The maximum Gasteiger partial charge on any atom is 0.227 e. The van der Waals surface area contributed by atoms with E-state index in [1.165, 1.54) is 12.1 Å². The fourth-order valence-corrected chi connectivity index (χ4v) is 2.52. The number of amides is 1. The van der Waals surface area contributed by atoms with Crippen LogP contribution in [-0.4, -0.2) is 10.9 Å². The molecule has 0 bridgehead atoms. The lowest BCUT2D eigenvalue weighted by molar-refractivity contribution is -0.119. The first-order chi connectivity index (χ1) is 10.2. The summed E-state index contributed by atoms with van der Waals surface area (Å²) in [6.45, 7) is 0.368. The van der Waals surface area contributed by atoms with E-state index in [4.69, 9.17) is 5.84 Å². The Morgan fingerprint density at radius 3 is 2.95 bits per heavy atom. The second kappa shape index (κ2) is 5.49. The summed E-state index contributed by atoms with van der Waals surface area (Å²) >= 11 is 0. The summed E-state index contributed by atoms with van der Waals surface area (Å²) in [4.78, 5) is 17.8. The third-order valence-electron chi connectivity index (χ3n) is 3.56. The Bertz CT molecular complexity index is 689. The molecule has 1 aromatic carbocycles. The second-order valence-electron chi connectivity index (χ2n) is 4.95. The molecule has 0 unspecified atom stereocenters. The minimum Gasteiger partial charge on any atom is -0.308 e. The highest BCUT2D eigenvalue weighted by Crippen LogP contribution is 2.30. The van der Waals surface area contributed by atoms with Crippen LogP contribution in [0.2, 0.25) is 0 Å². The molecule has 0 atom stereocenters. The molecule has 0 saturated carbocycles. The average Bonchev–Trinajstić information content (AvgIpc) is 2.50. The molecule has 6 heteroatoms. The topological polar surface area (TPSA) is 71.2 Å². The zero-order valence-electron chi connectivity index (χ0n) is 11.3. The monoisotopic (exact) mass is 286 g/mol. The van der Waals surface area contributed by atoms with Crippen LogP contribution in [0.4, 0.5) is 15.9 Å². The van der Waals surface area contributed by atoms with Gasteiger partial charge < -0.3 is 10.3 Å². The van der Waals surface area contributed by atoms with Gasteiger partial charge in [0.05, 0.1) is 12.2 Å². The van der Waals surface area contributed by atoms with Crippen molar-refractivity contribution < 1.29 is 9.18 Å². The van der Waals surface area contributed by atoms with Gasteiger partial charge in [-0.1, -0.05) is 6.07 Å². The van der Waals surface area contributed by atoms with Crippen molar-refractivity contribution in [1.82, 2.24) is 4.98 Å². The predicted octanol–water partition coefficient (Wildman–Crippen LogP) is 1.99. The lowest BCUT2D eigenvalue weighted by Crippen LogP contribution is -2.34. The first-order valence-corrected chi connectivity index (χ1v) is 6.68. The van der Waals surface area contributed by atoms with Crippen molar-refractivity contribution >= 4 is 17.4 Å². The summed E-state index contributed by atoms with van der Waals surface area (Å²) in [6.07, 6.45) is 2.70. The van der Waals surface area contributed by atoms with Crippen molar-refractivity contribution in [3.63, 3.8) is 0 Å². The summed E-state index contributed by atoms with van der Waals surface area (Å²) in [5, 5.41) is 0. The first-order valence-electron chi connectivity index (χ1n) is 6.68. The van der Waals surface area contributed by atoms with Crippen molar-refractivity contribution in [3.05, 3.63) is 53.5 Å². The third kappa shape index (κ3) is 2.71. The molecule has 1 aromatic heterocycles. The van der Waals surface area contributed by atoms with Crippen LogP contribution >= 0.6 is 0 Å². The minimum atomic E-state index is -0.340. The quantitative estimate of drug-likeness (QED) is 0.668. The van der Waals surface area contributed by atoms with Crippen LogP contribution in [0.1, 0.15) is 17.5 Å². The largest absolute Gasteiger partial charge is 0.308 e. The van der Waals surface area contributed by atoms with Gasteiger partial charge in [-0.25, -0.2) is 15.2 Å². The lowest BCUT2D eigenvalue weighted by Gasteiger charge is -2.29. The second-order valence-corrected chi connectivity index (χ2v) is 4.95. The molecule has 0 fully saturated rings. The molecule has 1 aliphatic rings. The number of carbonyl (C=O) groups excluding carboxylic acids is 1. The molecular weight excluding hydrogens is 271 g/mol. The number of nitrogens with zero attached hydrogens (tertiary/aromatic N) is 2. The smallest absolute Gasteiger partial charge is 0.227 e. The standard InChI is InChI=1S/C15H15FN4O/c16-12-3-1-11-2-4-15(21)20(13(11)8-12)9-10-5-6-18-14(7-10)19-17/h1,3,5-8H,2,4,9,17H2,(H,18,19). The highest BCUT2D eigenvalue weighted by Gasteiger charge is 2.24. The van der Waals surface area contributed by atoms with Gasteiger partial charge in [0, 0.05) is 12.6 Å². The molecule has 21 heavy (non-hydrogen) atoms. The molecule has 5 nitrogen and oxygen atoms in total. The summed E-state index contributed by atoms with van der Waals surface area (Å²) in [7, 11) is 0. The van der Waals surface area contributed by atoms with Crippen LogP contribution in [-0.2, 0) is 17.8 Å². The number of pyridine rings is 1. The molecular formula is C15H15FN4O. The van der Waals surface area contributed by atoms with E-state index in [9.17, 15) is 9.18 Å². The Balaban J connectivity index is 1.94. The molecule has 3 rings (SSSR count). The van der Waals surface area contributed by atoms with E-state index in [1.807, 2.05) is 6.07 Å². The molecule has 0 aliphatic carbocycles. The van der Waals surface area contributed by atoms with Gasteiger partial charge in [0.25, 0.3) is 0 Å². The number of benzene rings is 1. The number of anilines is 2. The number of hydrazine groups is 1. The average molecular weight is 286 g/mol. The number of carbonyl (C=O) groups is 1. The molecule has 0 saturated heterocycles. The molecule has 0 radical (unpaired) electrons. The SMILES string of the molecule is NNc1cc(CN2C(=O)CCc3ccc(F)cc32)ccn1. The van der Waals surface area contributed by atoms with E-state index in [1.54, 1.807) is 23.2 Å². The number of hydrogen-bond acceptors (Lipinski definition) is 4. The van der Waals surface area contributed by atoms with Crippen LogP contribution < -0.4 is 16.2 Å². The van der Waals surface area contributed by atoms with Crippen LogP contribution in [0.25, 0.3) is 0 Å². The van der Waals surface area contributed by atoms with Gasteiger partial charge in [-0.2, -0.15) is 0 Å². The number of halogens is 1. The summed E-state index contributed by atoms with van der Waals surface area (Å²) in [5.74, 6) is 5.51. The molecule has 0 spiro atoms. The van der Waals surface area contributed by atoms with Crippen molar-refractivity contribution in [2.45, 2.75) is 19.4 Å². The Morgan fingerprint density at radius 2 is 2.14 bits per heavy atom. The lowest BCUT2D eigenvalue weighted by atomic mass is 10.0. The fourth-order valence-electron chi connectivity index (χ4n) is 2.52. The number of fused-ring (bicyclic) bond motifs is 1. The molecule has 1 aliphatic heterocycles. The maximum atomic E-state index is 13.5. The van der Waals surface area contributed by atoms with Crippen molar-refractivity contribution in [2.75, 3.05) is 10.3 Å². The van der Waals surface area contributed by atoms with Gasteiger partial charge in [0.2, 0.25) is 5.91 Å². The van der Waals surface area contributed by atoms with E-state index in [-0.39, 0.29) is 11.7 Å². The van der Waals surface area contributed by atoms with Gasteiger partial charge in [0.1, 0.15) is 11.6 Å². The minimum absolute atomic E-state index is 0.00725. The highest BCUT2D eigenvalue weighted by atomic mass is 19.1. The number of aromatic nitrogens is 1. The number of nitrogens with one attached hydrogen (secondary N) is 1.